The molecule has 2 aromatic carbocycles. The maximum Gasteiger partial charge on any atom is 0.414 e. The van der Waals surface area contributed by atoms with E-state index in [1.165, 1.54) is 5.56 Å². The Bertz CT molecular complexity index is 940. The van der Waals surface area contributed by atoms with Gasteiger partial charge in [-0.05, 0) is 49.9 Å². The molecule has 1 fully saturated rings. The van der Waals surface area contributed by atoms with Crippen LogP contribution in [0.2, 0.25) is 0 Å². The van der Waals surface area contributed by atoms with Gasteiger partial charge in [0.1, 0.15) is 5.60 Å². The number of carbonyl (C=O) groups is 2. The van der Waals surface area contributed by atoms with Gasteiger partial charge in [-0.1, -0.05) is 42.5 Å². The van der Waals surface area contributed by atoms with Crippen LogP contribution in [-0.2, 0) is 21.4 Å². The number of amides is 2. The van der Waals surface area contributed by atoms with E-state index in [0.29, 0.717) is 19.6 Å². The van der Waals surface area contributed by atoms with E-state index in [9.17, 15) is 9.59 Å². The van der Waals surface area contributed by atoms with Crippen LogP contribution in [0.4, 0.5) is 10.5 Å². The second-order valence-electron chi connectivity index (χ2n) is 9.24. The lowest BCUT2D eigenvalue weighted by atomic mass is 9.75. The summed E-state index contributed by atoms with van der Waals surface area (Å²) in [5.74, 6) is 0.0774. The third kappa shape index (κ3) is 3.74. The number of benzene rings is 2. The highest BCUT2D eigenvalue weighted by Crippen LogP contribution is 2.47. The lowest BCUT2D eigenvalue weighted by Crippen LogP contribution is -2.62. The summed E-state index contributed by atoms with van der Waals surface area (Å²) in [6.45, 7) is 9.07. The Morgan fingerprint density at radius 1 is 1.00 bits per heavy atom. The Labute approximate surface area is 172 Å². The van der Waals surface area contributed by atoms with Crippen LogP contribution in [0.1, 0.15) is 44.4 Å². The summed E-state index contributed by atoms with van der Waals surface area (Å²) < 4.78 is 5.68. The van der Waals surface area contributed by atoms with Gasteiger partial charge in [0.2, 0.25) is 5.91 Å². The predicted molar refractivity (Wildman–Crippen MR) is 113 cm³/mol. The molecule has 0 atom stereocenters. The average molecular weight is 392 g/mol. The summed E-state index contributed by atoms with van der Waals surface area (Å²) in [5, 5.41) is 0. The molecular weight excluding hydrogens is 364 g/mol. The van der Waals surface area contributed by atoms with E-state index in [-0.39, 0.29) is 17.4 Å². The molecule has 0 radical (unpaired) electrons. The largest absolute Gasteiger partial charge is 0.443 e. The predicted octanol–water partition coefficient (Wildman–Crippen LogP) is 4.13. The molecule has 2 heterocycles. The maximum absolute atomic E-state index is 13.0. The van der Waals surface area contributed by atoms with E-state index in [0.717, 1.165) is 23.2 Å². The number of carbonyl (C=O) groups excluding carboxylic acids is 2. The van der Waals surface area contributed by atoms with E-state index in [1.807, 2.05) is 43.9 Å². The van der Waals surface area contributed by atoms with Gasteiger partial charge in [0.05, 0.1) is 11.1 Å². The second kappa shape index (κ2) is 6.90. The Morgan fingerprint density at radius 2 is 1.69 bits per heavy atom. The summed E-state index contributed by atoms with van der Waals surface area (Å²) in [4.78, 5) is 28.3. The summed E-state index contributed by atoms with van der Waals surface area (Å²) in [5.41, 5.74) is 3.69. The molecule has 2 aliphatic rings. The van der Waals surface area contributed by atoms with Crippen molar-refractivity contribution in [1.29, 1.82) is 0 Å². The monoisotopic (exact) mass is 392 g/mol. The number of fused-ring (bicyclic) bond motifs is 2. The van der Waals surface area contributed by atoms with Gasteiger partial charge in [0.15, 0.2) is 0 Å². The molecule has 29 heavy (non-hydrogen) atoms. The van der Waals surface area contributed by atoms with Crippen LogP contribution in [-0.4, -0.2) is 42.1 Å². The molecule has 152 valence electrons. The van der Waals surface area contributed by atoms with E-state index in [1.54, 1.807) is 11.8 Å². The average Bonchev–Trinajstić information content (AvgIpc) is 2.95. The molecule has 0 N–H and O–H groups in total. The van der Waals surface area contributed by atoms with Crippen molar-refractivity contribution in [3.05, 3.63) is 65.2 Å². The molecule has 0 saturated carbocycles. The molecule has 0 bridgehead atoms. The van der Waals surface area contributed by atoms with Crippen LogP contribution in [0.25, 0.3) is 0 Å². The Morgan fingerprint density at radius 3 is 2.31 bits per heavy atom. The zero-order valence-electron chi connectivity index (χ0n) is 17.6. The fraction of sp³-hybridized carbons (Fsp3) is 0.417. The number of nitrogens with zero attached hydrogens (tertiary/aromatic N) is 2. The van der Waals surface area contributed by atoms with Gasteiger partial charge in [-0.2, -0.15) is 0 Å². The lowest BCUT2D eigenvalue weighted by molar-refractivity contribution is -0.136. The first-order valence-electron chi connectivity index (χ1n) is 10.1. The minimum absolute atomic E-state index is 0.0774. The first kappa shape index (κ1) is 19.5. The van der Waals surface area contributed by atoms with Gasteiger partial charge in [-0.3, -0.25) is 9.69 Å². The van der Waals surface area contributed by atoms with Crippen molar-refractivity contribution in [2.45, 2.75) is 45.1 Å². The van der Waals surface area contributed by atoms with Crippen LogP contribution >= 0.6 is 0 Å². The number of rotatable bonds is 2. The van der Waals surface area contributed by atoms with Gasteiger partial charge in [-0.25, -0.2) is 4.79 Å². The van der Waals surface area contributed by atoms with Crippen LogP contribution in [0.15, 0.2) is 48.5 Å². The second-order valence-corrected chi connectivity index (χ2v) is 9.24. The molecular formula is C24H28N2O3. The molecule has 5 nitrogen and oxygen atoms in total. The van der Waals surface area contributed by atoms with Gasteiger partial charge in [0.25, 0.3) is 0 Å². The molecule has 2 aromatic rings. The highest BCUT2D eigenvalue weighted by molar-refractivity contribution is 5.92. The zero-order valence-corrected chi connectivity index (χ0v) is 17.6. The van der Waals surface area contributed by atoms with Crippen molar-refractivity contribution >= 4 is 17.7 Å². The minimum atomic E-state index is -0.556. The zero-order chi connectivity index (χ0) is 20.8. The number of ether oxygens (including phenoxy) is 1. The minimum Gasteiger partial charge on any atom is -0.443 e. The molecule has 1 saturated heterocycles. The van der Waals surface area contributed by atoms with Crippen molar-refractivity contribution in [3.63, 3.8) is 0 Å². The van der Waals surface area contributed by atoms with Gasteiger partial charge in [-0.15, -0.1) is 0 Å². The SMILES string of the molecule is CC(=O)N1CC2(C1)CN(C(=O)OC(C)(C)C)c1cc(Cc3ccccc3)ccc12. The van der Waals surface area contributed by atoms with Gasteiger partial charge < -0.3 is 9.64 Å². The fourth-order valence-corrected chi connectivity index (χ4v) is 4.32. The molecule has 1 spiro atoms. The van der Waals surface area contributed by atoms with Crippen molar-refractivity contribution in [2.75, 3.05) is 24.5 Å². The molecule has 4 rings (SSSR count). The normalized spacial score (nSPS) is 17.1. The van der Waals surface area contributed by atoms with E-state index in [4.69, 9.17) is 4.74 Å². The Balaban J connectivity index is 1.66. The molecule has 5 heteroatoms. The quantitative estimate of drug-likeness (QED) is 0.772. The Hall–Kier alpha value is -2.82. The molecule has 0 aromatic heterocycles. The van der Waals surface area contributed by atoms with Crippen LogP contribution < -0.4 is 4.90 Å². The topological polar surface area (TPSA) is 49.9 Å². The van der Waals surface area contributed by atoms with Gasteiger partial charge >= 0.3 is 6.09 Å². The molecule has 2 aliphatic heterocycles. The number of hydrogen-bond acceptors (Lipinski definition) is 3. The third-order valence-electron chi connectivity index (χ3n) is 5.68. The first-order valence-corrected chi connectivity index (χ1v) is 10.1. The number of hydrogen-bond donors (Lipinski definition) is 0. The maximum atomic E-state index is 13.0. The lowest BCUT2D eigenvalue weighted by Gasteiger charge is -2.48. The summed E-state index contributed by atoms with van der Waals surface area (Å²) in [6.07, 6.45) is 0.483. The van der Waals surface area contributed by atoms with E-state index < -0.39 is 5.60 Å². The molecule has 0 aliphatic carbocycles. The fourth-order valence-electron chi connectivity index (χ4n) is 4.32. The molecule has 2 amide bonds. The smallest absolute Gasteiger partial charge is 0.414 e. The summed E-state index contributed by atoms with van der Waals surface area (Å²) in [7, 11) is 0. The first-order chi connectivity index (χ1) is 13.7. The standard InChI is InChI=1S/C24H28N2O3/c1-17(27)25-14-24(15-25)16-26(22(28)29-23(2,3)4)21-13-19(10-11-20(21)24)12-18-8-6-5-7-9-18/h5-11,13H,12,14-16H2,1-4H3. The highest BCUT2D eigenvalue weighted by atomic mass is 16.6. The highest BCUT2D eigenvalue weighted by Gasteiger charge is 2.53. The van der Waals surface area contributed by atoms with Crippen LogP contribution in [0.3, 0.4) is 0 Å². The summed E-state index contributed by atoms with van der Waals surface area (Å²) >= 11 is 0. The van der Waals surface area contributed by atoms with Crippen LogP contribution in [0.5, 0.6) is 0 Å². The van der Waals surface area contributed by atoms with Crippen molar-refractivity contribution in [1.82, 2.24) is 4.90 Å². The number of likely N-dealkylation sites (tertiary alicyclic amines) is 1. The number of anilines is 1. The van der Waals surface area contributed by atoms with E-state index in [2.05, 4.69) is 30.3 Å². The van der Waals surface area contributed by atoms with Crippen LogP contribution in [0, 0.1) is 0 Å². The van der Waals surface area contributed by atoms with E-state index >= 15 is 0 Å². The molecule has 0 unspecified atom stereocenters. The Kier molecular flexibility index (Phi) is 4.64. The van der Waals surface area contributed by atoms with Crippen molar-refractivity contribution in [3.8, 4) is 0 Å². The third-order valence-corrected chi connectivity index (χ3v) is 5.68. The van der Waals surface area contributed by atoms with Gasteiger partial charge in [0, 0.05) is 26.6 Å². The van der Waals surface area contributed by atoms with Crippen molar-refractivity contribution in [2.24, 2.45) is 0 Å². The summed E-state index contributed by atoms with van der Waals surface area (Å²) in [6, 6.07) is 16.7. The van der Waals surface area contributed by atoms with Crippen molar-refractivity contribution < 1.29 is 14.3 Å².